The van der Waals surface area contributed by atoms with E-state index in [4.69, 9.17) is 52.1 Å². The number of aromatic nitrogens is 1. The van der Waals surface area contributed by atoms with Gasteiger partial charge in [0.25, 0.3) is 0 Å². The summed E-state index contributed by atoms with van der Waals surface area (Å²) in [4.78, 5) is 30.1. The SMILES string of the molecule is COc1ccc(C(=O)/C=C\NC2=CC(C)(OC)C(OC)C=C2/C=C\c2cc(OC)c(OC)c(OC)c2)cc1NCOc1cc(/C=C\c2cc(OC)c(OC)cc2N/C=C\C(=O)c2c[nH]c3ccccc23)cc(OC)c1OC. The standard InChI is InChI=1S/C60H64N4O13/c1-60(76-11)34-47(40(32-57(60)73-8)19-17-37-26-53(70-5)58(74-9)54(27-37)71-6)62-24-22-48(65)41-20-21-50(67-2)46(30-41)64-36-77-56-29-38(28-55(72-7)59(56)75-10)16-18-39-31-51(68-3)52(69-4)33-45(39)61-25-23-49(66)43-35-63-44-15-13-12-14-42(43)44/h12-35,57,61-64H,36H2,1-11H3/b18-16-,19-17-,24-22-,25-23-. The van der Waals surface area contributed by atoms with Gasteiger partial charge in [-0.3, -0.25) is 9.59 Å². The minimum absolute atomic E-state index is 0.0565. The Morgan fingerprint density at radius 2 is 1.19 bits per heavy atom. The van der Waals surface area contributed by atoms with Crippen LogP contribution in [-0.2, 0) is 9.47 Å². The summed E-state index contributed by atoms with van der Waals surface area (Å²) in [5.74, 6) is 3.71. The van der Waals surface area contributed by atoms with Crippen LogP contribution < -0.4 is 58.6 Å². The van der Waals surface area contributed by atoms with Crippen LogP contribution in [0.4, 0.5) is 11.4 Å². The largest absolute Gasteiger partial charge is 0.495 e. The van der Waals surface area contributed by atoms with Crippen molar-refractivity contribution in [2.45, 2.75) is 18.6 Å². The van der Waals surface area contributed by atoms with E-state index in [2.05, 4.69) is 20.9 Å². The van der Waals surface area contributed by atoms with Crippen molar-refractivity contribution in [2.75, 3.05) is 88.5 Å². The molecule has 0 fully saturated rings. The lowest BCUT2D eigenvalue weighted by Gasteiger charge is -2.35. The van der Waals surface area contributed by atoms with E-state index >= 15 is 0 Å². The Bertz CT molecular complexity index is 3250. The number of allylic oxidation sites excluding steroid dienone is 3. The topological polar surface area (TPSA) is 188 Å². The fourth-order valence-electron chi connectivity index (χ4n) is 8.56. The first-order chi connectivity index (χ1) is 37.4. The molecule has 0 radical (unpaired) electrons. The fraction of sp³-hybridized carbons (Fsp3) is 0.233. The van der Waals surface area contributed by atoms with Gasteiger partial charge in [-0.2, -0.15) is 0 Å². The number of ether oxygens (including phenoxy) is 11. The van der Waals surface area contributed by atoms with E-state index in [1.807, 2.05) is 91.9 Å². The molecule has 2 unspecified atom stereocenters. The lowest BCUT2D eigenvalue weighted by molar-refractivity contribution is -0.0553. The van der Waals surface area contributed by atoms with E-state index in [1.54, 1.807) is 98.7 Å². The summed E-state index contributed by atoms with van der Waals surface area (Å²) in [6.07, 6.45) is 18.8. The average Bonchev–Trinajstić information content (AvgIpc) is 3.90. The number of carbonyl (C=O) groups excluding carboxylic acids is 2. The van der Waals surface area contributed by atoms with Gasteiger partial charge in [0.15, 0.2) is 52.8 Å². The highest BCUT2D eigenvalue weighted by Crippen LogP contribution is 2.41. The Morgan fingerprint density at radius 3 is 1.83 bits per heavy atom. The maximum Gasteiger partial charge on any atom is 0.203 e. The Hall–Kier alpha value is -9.06. The first-order valence-corrected chi connectivity index (χ1v) is 24.1. The molecule has 0 aliphatic heterocycles. The van der Waals surface area contributed by atoms with Crippen molar-refractivity contribution in [2.24, 2.45) is 0 Å². The van der Waals surface area contributed by atoms with Crippen LogP contribution in [0.15, 0.2) is 139 Å². The second kappa shape index (κ2) is 25.9. The molecule has 6 aromatic rings. The Kier molecular flexibility index (Phi) is 18.8. The van der Waals surface area contributed by atoms with Crippen molar-refractivity contribution in [3.63, 3.8) is 0 Å². The molecule has 0 bridgehead atoms. The number of fused-ring (bicyclic) bond motifs is 1. The number of carbonyl (C=O) groups is 2. The second-order valence-electron chi connectivity index (χ2n) is 17.2. The molecule has 1 aliphatic rings. The van der Waals surface area contributed by atoms with Gasteiger partial charge in [0.2, 0.25) is 11.5 Å². The Balaban J connectivity index is 1.06. The van der Waals surface area contributed by atoms with Gasteiger partial charge in [-0.05, 0) is 90.4 Å². The van der Waals surface area contributed by atoms with Crippen LogP contribution in [0, 0.1) is 0 Å². The highest BCUT2D eigenvalue weighted by molar-refractivity contribution is 6.13. The van der Waals surface area contributed by atoms with E-state index in [0.717, 1.165) is 27.6 Å². The molecule has 1 aromatic heterocycles. The van der Waals surface area contributed by atoms with Crippen molar-refractivity contribution >= 4 is 52.1 Å². The number of ketones is 2. The molecule has 17 heteroatoms. The highest BCUT2D eigenvalue weighted by Gasteiger charge is 2.35. The number of H-pyrrole nitrogens is 1. The molecule has 0 saturated heterocycles. The van der Waals surface area contributed by atoms with Crippen LogP contribution in [0.25, 0.3) is 29.1 Å². The third-order valence-corrected chi connectivity index (χ3v) is 12.7. The number of anilines is 2. The van der Waals surface area contributed by atoms with Crippen molar-refractivity contribution in [3.05, 3.63) is 167 Å². The van der Waals surface area contributed by atoms with Crippen LogP contribution >= 0.6 is 0 Å². The smallest absolute Gasteiger partial charge is 0.203 e. The molecule has 7 rings (SSSR count). The molecular formula is C60H64N4O13. The van der Waals surface area contributed by atoms with Gasteiger partial charge in [-0.15, -0.1) is 0 Å². The maximum atomic E-state index is 13.8. The first-order valence-electron chi connectivity index (χ1n) is 24.1. The van der Waals surface area contributed by atoms with Crippen LogP contribution in [0.1, 0.15) is 44.3 Å². The number of aromatic amines is 1. The number of methoxy groups -OCH3 is 10. The average molecular weight is 1050 g/mol. The Labute approximate surface area is 448 Å². The molecule has 402 valence electrons. The summed E-state index contributed by atoms with van der Waals surface area (Å²) in [5.41, 5.74) is 5.85. The van der Waals surface area contributed by atoms with Crippen LogP contribution in [0.2, 0.25) is 0 Å². The number of rotatable bonds is 26. The lowest BCUT2D eigenvalue weighted by atomic mass is 9.88. The number of hydrogen-bond donors (Lipinski definition) is 4. The third-order valence-electron chi connectivity index (χ3n) is 12.7. The van der Waals surface area contributed by atoms with Gasteiger partial charge >= 0.3 is 0 Å². The molecule has 5 aromatic carbocycles. The zero-order chi connectivity index (χ0) is 55.1. The maximum absolute atomic E-state index is 13.8. The van der Waals surface area contributed by atoms with Crippen LogP contribution in [-0.4, -0.2) is 106 Å². The summed E-state index contributed by atoms with van der Waals surface area (Å²) in [6, 6.07) is 23.6. The van der Waals surface area contributed by atoms with E-state index in [0.29, 0.717) is 85.5 Å². The van der Waals surface area contributed by atoms with Gasteiger partial charge in [0.1, 0.15) is 17.5 Å². The minimum Gasteiger partial charge on any atom is -0.495 e. The molecule has 0 saturated carbocycles. The van der Waals surface area contributed by atoms with E-state index in [-0.39, 0.29) is 18.3 Å². The second-order valence-corrected chi connectivity index (χ2v) is 17.2. The monoisotopic (exact) mass is 1050 g/mol. The number of nitrogens with one attached hydrogen (secondary N) is 4. The van der Waals surface area contributed by atoms with E-state index in [1.165, 1.54) is 33.5 Å². The highest BCUT2D eigenvalue weighted by atomic mass is 16.6. The summed E-state index contributed by atoms with van der Waals surface area (Å²) in [7, 11) is 15.6. The van der Waals surface area contributed by atoms with Crippen molar-refractivity contribution < 1.29 is 61.7 Å². The zero-order valence-electron chi connectivity index (χ0n) is 44.9. The van der Waals surface area contributed by atoms with Crippen molar-refractivity contribution in [1.29, 1.82) is 0 Å². The van der Waals surface area contributed by atoms with E-state index in [9.17, 15) is 9.59 Å². The van der Waals surface area contributed by atoms with Crippen molar-refractivity contribution in [3.8, 4) is 51.7 Å². The summed E-state index contributed by atoms with van der Waals surface area (Å²) in [5, 5.41) is 10.6. The van der Waals surface area contributed by atoms with Gasteiger partial charge < -0.3 is 73.0 Å². The summed E-state index contributed by atoms with van der Waals surface area (Å²) < 4.78 is 63.0. The van der Waals surface area contributed by atoms with Crippen molar-refractivity contribution in [1.82, 2.24) is 10.3 Å². The molecular weight excluding hydrogens is 985 g/mol. The summed E-state index contributed by atoms with van der Waals surface area (Å²) >= 11 is 0. The first kappa shape index (κ1) is 55.7. The summed E-state index contributed by atoms with van der Waals surface area (Å²) in [6.45, 7) is 1.86. The minimum atomic E-state index is -0.819. The zero-order valence-corrected chi connectivity index (χ0v) is 44.9. The predicted octanol–water partition coefficient (Wildman–Crippen LogP) is 10.9. The molecule has 77 heavy (non-hydrogen) atoms. The number of benzene rings is 5. The van der Waals surface area contributed by atoms with Gasteiger partial charge in [-0.25, -0.2) is 0 Å². The van der Waals surface area contributed by atoms with Crippen LogP contribution in [0.3, 0.4) is 0 Å². The van der Waals surface area contributed by atoms with Gasteiger partial charge in [0, 0.05) is 90.0 Å². The molecule has 0 spiro atoms. The van der Waals surface area contributed by atoms with Gasteiger partial charge in [-0.1, -0.05) is 42.5 Å². The van der Waals surface area contributed by atoms with Crippen LogP contribution in [0.5, 0.6) is 51.7 Å². The number of hydrogen-bond acceptors (Lipinski definition) is 16. The molecule has 2 atom stereocenters. The number of para-hydroxylation sites is 1. The fourth-order valence-corrected chi connectivity index (χ4v) is 8.56. The quantitative estimate of drug-likeness (QED) is 0.0174. The molecule has 1 heterocycles. The molecule has 17 nitrogen and oxygen atoms in total. The van der Waals surface area contributed by atoms with Gasteiger partial charge in [0.05, 0.1) is 62.6 Å². The predicted molar refractivity (Wildman–Crippen MR) is 300 cm³/mol. The molecule has 4 N–H and O–H groups in total. The third kappa shape index (κ3) is 12.9. The normalized spacial score (nSPS) is 15.3. The molecule has 1 aliphatic carbocycles. The molecule has 0 amide bonds. The van der Waals surface area contributed by atoms with E-state index < -0.39 is 11.7 Å². The Morgan fingerprint density at radius 1 is 0.597 bits per heavy atom. The lowest BCUT2D eigenvalue weighted by Crippen LogP contribution is -2.43.